The van der Waals surface area contributed by atoms with Gasteiger partial charge in [-0.15, -0.1) is 0 Å². The molecule has 0 radical (unpaired) electrons. The van der Waals surface area contributed by atoms with Gasteiger partial charge in [0.15, 0.2) is 0 Å². The number of likely N-dealkylation sites (tertiary alicyclic amines) is 1. The molecule has 1 saturated heterocycles. The quantitative estimate of drug-likeness (QED) is 0.221. The molecule has 4 rings (SSSR count). The van der Waals surface area contributed by atoms with Gasteiger partial charge in [-0.1, -0.05) is 18.2 Å². The zero-order valence-corrected chi connectivity index (χ0v) is 25.4. The Morgan fingerprint density at radius 2 is 1.53 bits per heavy atom. The summed E-state index contributed by atoms with van der Waals surface area (Å²) in [6, 6.07) is 4.26. The number of hydrogen-bond donors (Lipinski definition) is 4. The first-order valence-electron chi connectivity index (χ1n) is 13.8. The number of amides is 2. The van der Waals surface area contributed by atoms with Crippen molar-refractivity contribution in [1.29, 1.82) is 0 Å². The number of rotatable bonds is 10. The van der Waals surface area contributed by atoms with Crippen LogP contribution in [-0.2, 0) is 31.0 Å². The molecule has 0 aromatic heterocycles. The molecule has 3 aliphatic rings. The maximum absolute atomic E-state index is 12.9. The first-order chi connectivity index (χ1) is 19.9. The zero-order valence-electron chi connectivity index (χ0n) is 23.7. The molecule has 1 saturated carbocycles. The van der Waals surface area contributed by atoms with E-state index in [4.69, 9.17) is 0 Å². The van der Waals surface area contributed by atoms with Crippen LogP contribution in [0.2, 0.25) is 0 Å². The van der Waals surface area contributed by atoms with Crippen LogP contribution in [0.3, 0.4) is 0 Å². The normalized spacial score (nSPS) is 23.5. The van der Waals surface area contributed by atoms with E-state index in [0.717, 1.165) is 56.4 Å². The van der Waals surface area contributed by atoms with Gasteiger partial charge in [0.1, 0.15) is 5.66 Å². The molecule has 1 heterocycles. The van der Waals surface area contributed by atoms with Gasteiger partial charge >= 0.3 is 6.18 Å². The molecule has 43 heavy (non-hydrogen) atoms. The summed E-state index contributed by atoms with van der Waals surface area (Å²) in [7, 11) is -7.42. The number of nitrogens with zero attached hydrogens (tertiary/aromatic N) is 1. The van der Waals surface area contributed by atoms with Crippen molar-refractivity contribution in [3.05, 3.63) is 59.7 Å². The molecule has 11 nitrogen and oxygen atoms in total. The number of carbonyl (C=O) groups is 2. The first-order valence-corrected chi connectivity index (χ1v) is 17.6. The van der Waals surface area contributed by atoms with Crippen molar-refractivity contribution in [2.24, 2.45) is 11.8 Å². The molecule has 16 heteroatoms. The van der Waals surface area contributed by atoms with E-state index in [0.29, 0.717) is 25.0 Å². The van der Waals surface area contributed by atoms with Gasteiger partial charge < -0.3 is 10.6 Å². The topological polar surface area (TPSA) is 154 Å². The zero-order chi connectivity index (χ0) is 31.6. The van der Waals surface area contributed by atoms with E-state index in [-0.39, 0.29) is 24.1 Å². The van der Waals surface area contributed by atoms with Crippen molar-refractivity contribution in [2.75, 3.05) is 32.1 Å². The van der Waals surface area contributed by atoms with Gasteiger partial charge in [-0.3, -0.25) is 14.5 Å². The third kappa shape index (κ3) is 9.35. The predicted octanol–water partition coefficient (Wildman–Crippen LogP) is 1.33. The molecule has 238 valence electrons. The highest BCUT2D eigenvalue weighted by Gasteiger charge is 2.38. The van der Waals surface area contributed by atoms with Gasteiger partial charge in [-0.25, -0.2) is 16.8 Å². The van der Waals surface area contributed by atoms with Crippen molar-refractivity contribution in [1.82, 2.24) is 25.0 Å². The van der Waals surface area contributed by atoms with E-state index in [1.54, 1.807) is 0 Å². The lowest BCUT2D eigenvalue weighted by Gasteiger charge is -2.47. The summed E-state index contributed by atoms with van der Waals surface area (Å²) in [5.74, 6) is -0.835. The van der Waals surface area contributed by atoms with Gasteiger partial charge in [-0.2, -0.15) is 22.6 Å². The fourth-order valence-electron chi connectivity index (χ4n) is 5.86. The van der Waals surface area contributed by atoms with Crippen molar-refractivity contribution >= 4 is 31.9 Å². The SMILES string of the molecule is CS(=O)(=O)NC1(NS(C)(=O)=O)C=CC(C2CCC(N3CC(NC(=O)CNC(=O)c4cccc(C(F)(F)F)c4)C3)CC2)C=C1. The molecule has 1 aliphatic heterocycles. The number of benzene rings is 1. The predicted molar refractivity (Wildman–Crippen MR) is 153 cm³/mol. The van der Waals surface area contributed by atoms with Crippen LogP contribution in [0.1, 0.15) is 41.6 Å². The maximum Gasteiger partial charge on any atom is 0.416 e. The molecule has 4 N–H and O–H groups in total. The summed E-state index contributed by atoms with van der Waals surface area (Å²) >= 11 is 0. The van der Waals surface area contributed by atoms with Crippen LogP contribution in [0.15, 0.2) is 48.6 Å². The average Bonchev–Trinajstić information content (AvgIpc) is 2.87. The Hall–Kier alpha value is -2.79. The van der Waals surface area contributed by atoms with Crippen LogP contribution in [0.25, 0.3) is 0 Å². The number of sulfonamides is 2. The smallest absolute Gasteiger partial charge is 0.349 e. The summed E-state index contributed by atoms with van der Waals surface area (Å²) in [6.45, 7) is 0.964. The van der Waals surface area contributed by atoms with Crippen molar-refractivity contribution in [3.63, 3.8) is 0 Å². The number of nitrogens with one attached hydrogen (secondary N) is 4. The minimum atomic E-state index is -4.57. The summed E-state index contributed by atoms with van der Waals surface area (Å²) in [5.41, 5.74) is -2.67. The summed E-state index contributed by atoms with van der Waals surface area (Å²) < 4.78 is 90.7. The van der Waals surface area contributed by atoms with Crippen molar-refractivity contribution < 1.29 is 39.6 Å². The minimum absolute atomic E-state index is 0.0337. The van der Waals surface area contributed by atoms with Crippen LogP contribution in [0.4, 0.5) is 13.2 Å². The maximum atomic E-state index is 12.9. The molecule has 0 bridgehead atoms. The fourth-order valence-corrected chi connectivity index (χ4v) is 7.53. The number of allylic oxidation sites excluding steroid dienone is 2. The standard InChI is InChI=1S/C27H36F3N5O6S2/c1-42(38,39)33-26(34-43(2,40)41)12-10-19(11-13-26)18-6-8-23(9-7-18)35-16-22(17-35)32-24(36)15-31-25(37)20-4-3-5-21(14-20)27(28,29)30/h3-5,10-14,18-19,22-23,33-34H,6-9,15-17H2,1-2H3,(H,31,37)(H,32,36). The van der Waals surface area contributed by atoms with Gasteiger partial charge in [-0.05, 0) is 67.9 Å². The molecule has 2 amide bonds. The Kier molecular flexibility index (Phi) is 9.76. The molecule has 2 fully saturated rings. The second-order valence-corrected chi connectivity index (χ2v) is 15.0. The lowest BCUT2D eigenvalue weighted by molar-refractivity contribution is -0.137. The summed E-state index contributed by atoms with van der Waals surface area (Å²) in [4.78, 5) is 26.8. The molecule has 2 aliphatic carbocycles. The second kappa shape index (κ2) is 12.7. The highest BCUT2D eigenvalue weighted by Crippen LogP contribution is 2.37. The molecule has 0 atom stereocenters. The minimum Gasteiger partial charge on any atom is -0.349 e. The van der Waals surface area contributed by atoms with Crippen LogP contribution in [-0.4, -0.2) is 83.4 Å². The van der Waals surface area contributed by atoms with Crippen molar-refractivity contribution in [3.8, 4) is 0 Å². The third-order valence-corrected chi connectivity index (χ3v) is 9.23. The van der Waals surface area contributed by atoms with Gasteiger partial charge in [0.2, 0.25) is 26.0 Å². The Morgan fingerprint density at radius 3 is 2.07 bits per heavy atom. The number of halogens is 3. The largest absolute Gasteiger partial charge is 0.416 e. The second-order valence-electron chi connectivity index (χ2n) is 11.5. The summed E-state index contributed by atoms with van der Waals surface area (Å²) in [5, 5.41) is 5.20. The average molecular weight is 648 g/mol. The monoisotopic (exact) mass is 647 g/mol. The lowest BCUT2D eigenvalue weighted by Crippen LogP contribution is -2.63. The Balaban J connectivity index is 1.18. The number of hydrogen-bond acceptors (Lipinski definition) is 7. The van der Waals surface area contributed by atoms with E-state index in [2.05, 4.69) is 25.0 Å². The van der Waals surface area contributed by atoms with Crippen LogP contribution in [0.5, 0.6) is 0 Å². The van der Waals surface area contributed by atoms with E-state index in [1.165, 1.54) is 18.2 Å². The molecular weight excluding hydrogens is 611 g/mol. The van der Waals surface area contributed by atoms with Gasteiger partial charge in [0.05, 0.1) is 30.7 Å². The Labute approximate surface area is 249 Å². The highest BCUT2D eigenvalue weighted by molar-refractivity contribution is 7.89. The molecule has 0 spiro atoms. The van der Waals surface area contributed by atoms with E-state index in [1.807, 2.05) is 12.2 Å². The van der Waals surface area contributed by atoms with Crippen LogP contribution in [0, 0.1) is 11.8 Å². The summed E-state index contributed by atoms with van der Waals surface area (Å²) in [6.07, 6.45) is 7.81. The van der Waals surface area contributed by atoms with E-state index >= 15 is 0 Å². The van der Waals surface area contributed by atoms with Gasteiger partial charge in [0.25, 0.3) is 5.91 Å². The number of alkyl halides is 3. The molecule has 0 unspecified atom stereocenters. The third-order valence-electron chi connectivity index (χ3n) is 7.81. The molecule has 1 aromatic rings. The lowest BCUT2D eigenvalue weighted by atomic mass is 9.75. The van der Waals surface area contributed by atoms with Crippen LogP contribution >= 0.6 is 0 Å². The van der Waals surface area contributed by atoms with Crippen molar-refractivity contribution in [2.45, 2.75) is 49.6 Å². The molecular formula is C27H36F3N5O6S2. The van der Waals surface area contributed by atoms with Gasteiger partial charge in [0, 0.05) is 24.7 Å². The Bertz CT molecular complexity index is 1430. The van der Waals surface area contributed by atoms with E-state index < -0.39 is 49.3 Å². The van der Waals surface area contributed by atoms with Crippen LogP contribution < -0.4 is 20.1 Å². The first kappa shape index (κ1) is 33.1. The Morgan fingerprint density at radius 1 is 0.953 bits per heavy atom. The number of carbonyl (C=O) groups excluding carboxylic acids is 2. The molecule has 1 aromatic carbocycles. The fraction of sp³-hybridized carbons (Fsp3) is 0.556. The highest BCUT2D eigenvalue weighted by atomic mass is 32.2. The van der Waals surface area contributed by atoms with E-state index in [9.17, 15) is 39.6 Å².